The molecule has 0 spiro atoms. The molecule has 1 aliphatic rings. The van der Waals surface area contributed by atoms with Gasteiger partial charge in [0.25, 0.3) is 7.11 Å². The average molecular weight is 183 g/mol. The minimum atomic E-state index is -0.930. The molecule has 0 atom stereocenters. The van der Waals surface area contributed by atoms with E-state index in [0.29, 0.717) is 23.5 Å². The van der Waals surface area contributed by atoms with Gasteiger partial charge in [-0.15, -0.1) is 0 Å². The molecule has 1 rings (SSSR count). The summed E-state index contributed by atoms with van der Waals surface area (Å²) in [6, 6.07) is 0. The van der Waals surface area contributed by atoms with Gasteiger partial charge in [-0.1, -0.05) is 0 Å². The number of methoxy groups -OCH3 is 1. The van der Waals surface area contributed by atoms with Gasteiger partial charge in [0.2, 0.25) is 5.76 Å². The maximum absolute atomic E-state index is 10.6. The van der Waals surface area contributed by atoms with Crippen LogP contribution in [0.15, 0.2) is 23.5 Å². The third-order valence-electron chi connectivity index (χ3n) is 1.77. The highest BCUT2D eigenvalue weighted by molar-refractivity contribution is 6.08. The number of ketones is 1. The molecule has 0 radical (unpaired) electrons. The van der Waals surface area contributed by atoms with E-state index in [9.17, 15) is 4.79 Å². The minimum Gasteiger partial charge on any atom is -0.489 e. The van der Waals surface area contributed by atoms with Crippen LogP contribution in [0.25, 0.3) is 0 Å². The number of carbonyl (C=O) groups is 1. The van der Waals surface area contributed by atoms with E-state index in [-0.39, 0.29) is 0 Å². The Hall–Kier alpha value is -1.58. The lowest BCUT2D eigenvalue weighted by atomic mass is 10.0. The molecular weight excluding hydrogens is 172 g/mol. The van der Waals surface area contributed by atoms with E-state index in [1.807, 2.05) is 0 Å². The Morgan fingerprint density at radius 3 is 2.85 bits per heavy atom. The molecule has 0 fully saturated rings. The van der Waals surface area contributed by atoms with Gasteiger partial charge in [0, 0.05) is 6.42 Å². The van der Waals surface area contributed by atoms with E-state index >= 15 is 0 Å². The van der Waals surface area contributed by atoms with Crippen molar-refractivity contribution in [2.45, 2.75) is 6.42 Å². The molecule has 1 aliphatic carbocycles. The summed E-state index contributed by atoms with van der Waals surface area (Å²) in [6.07, 6.45) is 3.52. The monoisotopic (exact) mass is 183 g/mol. The van der Waals surface area contributed by atoms with Crippen molar-refractivity contribution in [3.05, 3.63) is 23.5 Å². The molecule has 0 aliphatic heterocycles. The molecule has 4 heteroatoms. The van der Waals surface area contributed by atoms with Gasteiger partial charge in [0.05, 0.1) is 18.8 Å². The first-order valence-corrected chi connectivity index (χ1v) is 3.78. The number of rotatable bonds is 2. The Morgan fingerprint density at radius 2 is 2.38 bits per heavy atom. The molecule has 4 nitrogen and oxygen atoms in total. The maximum atomic E-state index is 10.6. The Bertz CT molecular complexity index is 310. The summed E-state index contributed by atoms with van der Waals surface area (Å²) in [5, 5.41) is 8.70. The maximum Gasteiger partial charge on any atom is 0.384 e. The number of carboxylic acids is 1. The zero-order chi connectivity index (χ0) is 9.84. The van der Waals surface area contributed by atoms with Crippen LogP contribution in [0.4, 0.5) is 0 Å². The third-order valence-corrected chi connectivity index (χ3v) is 1.77. The normalized spacial score (nSPS) is 19.4. The van der Waals surface area contributed by atoms with E-state index in [1.165, 1.54) is 20.3 Å². The number of carboxylic acid groups (broad SMARTS) is 1. The molecule has 0 aromatic carbocycles. The minimum absolute atomic E-state index is 0.303. The summed E-state index contributed by atoms with van der Waals surface area (Å²) in [5.74, 6) is 0.0969. The van der Waals surface area contributed by atoms with E-state index in [0.717, 1.165) is 0 Å². The van der Waals surface area contributed by atoms with Crippen molar-refractivity contribution in [1.82, 2.24) is 0 Å². The second-order valence-electron chi connectivity index (χ2n) is 2.52. The van der Waals surface area contributed by atoms with Crippen molar-refractivity contribution >= 4 is 11.8 Å². The summed E-state index contributed by atoms with van der Waals surface area (Å²) in [5.41, 5.74) is 0.303. The Balaban J connectivity index is 2.93. The van der Waals surface area contributed by atoms with Crippen LogP contribution in [0.3, 0.4) is 0 Å². The fourth-order valence-corrected chi connectivity index (χ4v) is 1.08. The van der Waals surface area contributed by atoms with Gasteiger partial charge in [-0.3, -0.25) is 4.42 Å². The molecule has 0 amide bonds. The molecular formula is C9H11O4+. The summed E-state index contributed by atoms with van der Waals surface area (Å²) >= 11 is 0. The third kappa shape index (κ3) is 1.96. The molecule has 0 saturated heterocycles. The standard InChI is InChI=1S/C9H10O4/c1-12-7-4-3-6(9(10)11)5-8(7)13-2/h4-5H,3H2,1-2H3/p+1. The average Bonchev–Trinajstić information content (AvgIpc) is 2.16. The fourth-order valence-electron chi connectivity index (χ4n) is 1.08. The summed E-state index contributed by atoms with van der Waals surface area (Å²) in [7, 11) is 2.99. The molecule has 0 aromatic rings. The van der Waals surface area contributed by atoms with Crippen LogP contribution >= 0.6 is 0 Å². The van der Waals surface area contributed by atoms with E-state index in [4.69, 9.17) is 14.3 Å². The van der Waals surface area contributed by atoms with Crippen molar-refractivity contribution in [2.75, 3.05) is 14.2 Å². The van der Waals surface area contributed by atoms with Crippen LogP contribution in [0.2, 0.25) is 0 Å². The number of ether oxygens (including phenoxy) is 1. The molecule has 0 aromatic heterocycles. The Labute approximate surface area is 75.8 Å². The first-order valence-electron chi connectivity index (χ1n) is 3.78. The number of allylic oxidation sites excluding steroid dienone is 2. The van der Waals surface area contributed by atoms with Gasteiger partial charge in [0.15, 0.2) is 0 Å². The van der Waals surface area contributed by atoms with Gasteiger partial charge in [0.1, 0.15) is 0 Å². The predicted octanol–water partition coefficient (Wildman–Crippen LogP) is 0.666. The van der Waals surface area contributed by atoms with Crippen LogP contribution in [-0.4, -0.2) is 31.1 Å². The molecule has 1 N–H and O–H groups in total. The number of hydrogen-bond donors (Lipinski definition) is 1. The smallest absolute Gasteiger partial charge is 0.384 e. The van der Waals surface area contributed by atoms with E-state index in [1.54, 1.807) is 6.08 Å². The van der Waals surface area contributed by atoms with E-state index in [2.05, 4.69) is 0 Å². The molecule has 0 bridgehead atoms. The molecule has 0 unspecified atom stereocenters. The highest BCUT2D eigenvalue weighted by atomic mass is 16.5. The molecule has 0 saturated carbocycles. The van der Waals surface area contributed by atoms with Gasteiger partial charge in [-0.2, -0.15) is 0 Å². The SMILES string of the molecule is COC1=CCC(C(=O)O)=CC1=[O+]C. The van der Waals surface area contributed by atoms with Gasteiger partial charge in [-0.25, -0.2) is 4.79 Å². The van der Waals surface area contributed by atoms with Crippen molar-refractivity contribution in [3.8, 4) is 0 Å². The zero-order valence-electron chi connectivity index (χ0n) is 7.53. The van der Waals surface area contributed by atoms with Crippen LogP contribution in [0.5, 0.6) is 0 Å². The second kappa shape index (κ2) is 3.89. The quantitative estimate of drug-likeness (QED) is 0.640. The van der Waals surface area contributed by atoms with Crippen molar-refractivity contribution in [3.63, 3.8) is 0 Å². The predicted molar refractivity (Wildman–Crippen MR) is 46.4 cm³/mol. The summed E-state index contributed by atoms with van der Waals surface area (Å²) in [6.45, 7) is 0. The highest BCUT2D eigenvalue weighted by Crippen LogP contribution is 2.15. The Kier molecular flexibility index (Phi) is 2.84. The lowest BCUT2D eigenvalue weighted by molar-refractivity contribution is -0.419. The van der Waals surface area contributed by atoms with Crippen LogP contribution in [0.1, 0.15) is 6.42 Å². The summed E-state index contributed by atoms with van der Waals surface area (Å²) in [4.78, 5) is 10.6. The number of aliphatic carboxylic acids is 1. The number of carbonyl (C=O) groups excluding carboxylic acids is 1. The molecule has 13 heavy (non-hydrogen) atoms. The second-order valence-corrected chi connectivity index (χ2v) is 2.52. The van der Waals surface area contributed by atoms with Crippen LogP contribution in [0, 0.1) is 0 Å². The number of hydrogen-bond acceptors (Lipinski definition) is 2. The zero-order valence-corrected chi connectivity index (χ0v) is 7.53. The van der Waals surface area contributed by atoms with Gasteiger partial charge >= 0.3 is 11.8 Å². The fraction of sp³-hybridized carbons (Fsp3) is 0.333. The lowest BCUT2D eigenvalue weighted by Crippen LogP contribution is -2.13. The first kappa shape index (κ1) is 9.51. The van der Waals surface area contributed by atoms with Crippen LogP contribution in [-0.2, 0) is 14.0 Å². The van der Waals surface area contributed by atoms with Crippen molar-refractivity contribution in [1.29, 1.82) is 0 Å². The van der Waals surface area contributed by atoms with Crippen molar-refractivity contribution in [2.24, 2.45) is 0 Å². The highest BCUT2D eigenvalue weighted by Gasteiger charge is 2.23. The van der Waals surface area contributed by atoms with E-state index < -0.39 is 5.97 Å². The molecule has 70 valence electrons. The van der Waals surface area contributed by atoms with Gasteiger partial charge < -0.3 is 9.84 Å². The molecule has 0 heterocycles. The summed E-state index contributed by atoms with van der Waals surface area (Å²) < 4.78 is 9.94. The largest absolute Gasteiger partial charge is 0.489 e. The van der Waals surface area contributed by atoms with Crippen LogP contribution < -0.4 is 0 Å². The lowest BCUT2D eigenvalue weighted by Gasteiger charge is -2.05. The van der Waals surface area contributed by atoms with Crippen molar-refractivity contribution < 1.29 is 19.1 Å². The Morgan fingerprint density at radius 1 is 1.69 bits per heavy atom. The topological polar surface area (TPSA) is 57.8 Å². The first-order chi connectivity index (χ1) is 6.19. The van der Waals surface area contributed by atoms with Gasteiger partial charge in [-0.05, 0) is 6.08 Å².